The van der Waals surface area contributed by atoms with Crippen LogP contribution in [0.1, 0.15) is 49.5 Å². The summed E-state index contributed by atoms with van der Waals surface area (Å²) >= 11 is 0. The van der Waals surface area contributed by atoms with E-state index in [1.807, 2.05) is 0 Å². The van der Waals surface area contributed by atoms with Gasteiger partial charge in [-0.25, -0.2) is 0 Å². The number of hydrogen-bond donors (Lipinski definition) is 0. The molecule has 1 heteroatoms. The first-order valence-electron chi connectivity index (χ1n) is 2.75. The van der Waals surface area contributed by atoms with Crippen LogP contribution in [0, 0.1) is 11.3 Å². The fourth-order valence-corrected chi connectivity index (χ4v) is 0. The predicted molar refractivity (Wildman–Crippen MR) is 47.5 cm³/mol. The Kier molecular flexibility index (Phi) is 18.4. The van der Waals surface area contributed by atoms with Gasteiger partial charge in [0.15, 0.2) is 0 Å². The summed E-state index contributed by atoms with van der Waals surface area (Å²) in [6, 6.07) is 0. The van der Waals surface area contributed by atoms with Gasteiger partial charge in [0.2, 0.25) is 0 Å². The van der Waals surface area contributed by atoms with Gasteiger partial charge in [-0.1, -0.05) is 35.6 Å². The van der Waals surface area contributed by atoms with Crippen molar-refractivity contribution in [2.45, 2.75) is 49.5 Å². The van der Waals surface area contributed by atoms with Crippen LogP contribution in [0.25, 0.3) is 0 Å². The average Bonchev–Trinajstić information content (AvgIpc) is 1.31. The van der Waals surface area contributed by atoms with Crippen LogP contribution in [0.15, 0.2) is 0 Å². The Balaban J connectivity index is -0.0000000600. The van der Waals surface area contributed by atoms with Gasteiger partial charge in [0, 0.05) is 32.7 Å². The van der Waals surface area contributed by atoms with Gasteiger partial charge >= 0.3 is 0 Å². The molecule has 0 rings (SSSR count). The first kappa shape index (κ1) is 22.5. The standard InChI is InChI=1S/C7H15.2CH4.Y/c1-6(2)7(3,4)5;;;/h1-5H3;2*1H4;/q-1;;;. The molecule has 1 radical (unpaired) electrons. The van der Waals surface area contributed by atoms with Crippen LogP contribution in [0.3, 0.4) is 0 Å². The van der Waals surface area contributed by atoms with Gasteiger partial charge in [0.05, 0.1) is 0 Å². The van der Waals surface area contributed by atoms with E-state index in [-0.39, 0.29) is 47.6 Å². The molecular weight excluding hydrogens is 197 g/mol. The third kappa shape index (κ3) is 11.8. The monoisotopic (exact) mass is 220 g/mol. The zero-order valence-electron chi connectivity index (χ0n) is 6.58. The Morgan fingerprint density at radius 1 is 0.900 bits per heavy atom. The molecule has 0 nitrogen and oxygen atoms in total. The summed E-state index contributed by atoms with van der Waals surface area (Å²) in [7, 11) is 0. The topological polar surface area (TPSA) is 0 Å². The van der Waals surface area contributed by atoms with E-state index < -0.39 is 0 Å². The average molecular weight is 220 g/mol. The molecule has 0 atom stereocenters. The summed E-state index contributed by atoms with van der Waals surface area (Å²) in [5, 5.41) is 0. The van der Waals surface area contributed by atoms with Crippen molar-refractivity contribution >= 4 is 0 Å². The molecule has 0 aromatic carbocycles. The molecule has 0 bridgehead atoms. The van der Waals surface area contributed by atoms with Crippen LogP contribution in [-0.2, 0) is 32.7 Å². The van der Waals surface area contributed by atoms with Crippen molar-refractivity contribution < 1.29 is 32.7 Å². The molecule has 0 fully saturated rings. The van der Waals surface area contributed by atoms with Gasteiger partial charge in [-0.05, 0) is 0 Å². The fourth-order valence-electron chi connectivity index (χ4n) is 0. The summed E-state index contributed by atoms with van der Waals surface area (Å²) < 4.78 is 0. The van der Waals surface area contributed by atoms with Crippen LogP contribution in [-0.4, -0.2) is 0 Å². The molecule has 0 saturated heterocycles. The van der Waals surface area contributed by atoms with Crippen molar-refractivity contribution in [1.29, 1.82) is 0 Å². The zero-order valence-corrected chi connectivity index (χ0v) is 9.42. The molecule has 0 unspecified atom stereocenters. The van der Waals surface area contributed by atoms with Gasteiger partial charge in [0.1, 0.15) is 0 Å². The second-order valence-corrected chi connectivity index (χ2v) is 3.25. The van der Waals surface area contributed by atoms with Gasteiger partial charge in [0.25, 0.3) is 0 Å². The van der Waals surface area contributed by atoms with Gasteiger partial charge in [-0.15, -0.1) is 0 Å². The Hall–Kier alpha value is 1.10. The van der Waals surface area contributed by atoms with E-state index in [4.69, 9.17) is 0 Å². The van der Waals surface area contributed by atoms with E-state index in [1.165, 1.54) is 5.92 Å². The molecule has 10 heavy (non-hydrogen) atoms. The summed E-state index contributed by atoms with van der Waals surface area (Å²) in [5.41, 5.74) is 0.417. The van der Waals surface area contributed by atoms with Crippen LogP contribution >= 0.6 is 0 Å². The molecule has 0 heterocycles. The molecule has 0 aromatic heterocycles. The predicted octanol–water partition coefficient (Wildman–Crippen LogP) is 3.92. The molecule has 0 aromatic rings. The third-order valence-corrected chi connectivity index (χ3v) is 1.50. The maximum atomic E-state index is 2.22. The second kappa shape index (κ2) is 8.20. The van der Waals surface area contributed by atoms with E-state index in [0.29, 0.717) is 5.41 Å². The first-order chi connectivity index (χ1) is 2.94. The summed E-state index contributed by atoms with van der Waals surface area (Å²) in [4.78, 5) is 0. The summed E-state index contributed by atoms with van der Waals surface area (Å²) in [6.45, 7) is 11.0. The van der Waals surface area contributed by atoms with E-state index in [1.54, 1.807) is 0 Å². The minimum Gasteiger partial charge on any atom is -0.314 e. The van der Waals surface area contributed by atoms with Crippen LogP contribution < -0.4 is 0 Å². The molecule has 0 aliphatic heterocycles. The van der Waals surface area contributed by atoms with Crippen molar-refractivity contribution in [3.63, 3.8) is 0 Å². The van der Waals surface area contributed by atoms with Gasteiger partial charge in [-0.2, -0.15) is 19.3 Å². The van der Waals surface area contributed by atoms with Crippen molar-refractivity contribution in [3.05, 3.63) is 5.92 Å². The van der Waals surface area contributed by atoms with Crippen molar-refractivity contribution in [1.82, 2.24) is 0 Å². The second-order valence-electron chi connectivity index (χ2n) is 3.25. The van der Waals surface area contributed by atoms with E-state index in [2.05, 4.69) is 34.6 Å². The van der Waals surface area contributed by atoms with Crippen LogP contribution in [0.4, 0.5) is 0 Å². The summed E-state index contributed by atoms with van der Waals surface area (Å²) in [5.74, 6) is 1.49. The molecular formula is C9H23Y-. The van der Waals surface area contributed by atoms with Crippen LogP contribution in [0.2, 0.25) is 0 Å². The van der Waals surface area contributed by atoms with Crippen molar-refractivity contribution in [2.75, 3.05) is 0 Å². The largest absolute Gasteiger partial charge is 0.314 e. The molecule has 0 aliphatic carbocycles. The molecule has 0 N–H and O–H groups in total. The maximum Gasteiger partial charge on any atom is 0 e. The van der Waals surface area contributed by atoms with Crippen molar-refractivity contribution in [3.8, 4) is 0 Å². The smallest absolute Gasteiger partial charge is 0 e. The van der Waals surface area contributed by atoms with Crippen LogP contribution in [0.5, 0.6) is 0 Å². The zero-order chi connectivity index (χ0) is 6.08. The Bertz CT molecular complexity index is 50.2. The van der Waals surface area contributed by atoms with Gasteiger partial charge in [-0.3, -0.25) is 0 Å². The Morgan fingerprint density at radius 2 is 1.00 bits per heavy atom. The van der Waals surface area contributed by atoms with E-state index in [0.717, 1.165) is 0 Å². The molecule has 0 spiro atoms. The SMILES string of the molecule is C.C.C[C-](C)C(C)(C)C.[Y]. The number of rotatable bonds is 0. The molecule has 63 valence electrons. The Morgan fingerprint density at radius 3 is 1.00 bits per heavy atom. The molecule has 0 saturated carbocycles. The molecule has 0 aliphatic rings. The summed E-state index contributed by atoms with van der Waals surface area (Å²) in [6.07, 6.45) is 0. The normalized spacial score (nSPS) is 9.00. The minimum absolute atomic E-state index is 0. The molecule has 0 amide bonds. The van der Waals surface area contributed by atoms with Gasteiger partial charge < -0.3 is 5.92 Å². The number of hydrogen-bond acceptors (Lipinski definition) is 0. The first-order valence-corrected chi connectivity index (χ1v) is 2.75. The van der Waals surface area contributed by atoms with E-state index in [9.17, 15) is 0 Å². The fraction of sp³-hybridized carbons (Fsp3) is 0.889. The minimum atomic E-state index is 0. The third-order valence-electron chi connectivity index (χ3n) is 1.50. The van der Waals surface area contributed by atoms with E-state index >= 15 is 0 Å². The Labute approximate surface area is 93.1 Å². The van der Waals surface area contributed by atoms with Crippen molar-refractivity contribution in [2.24, 2.45) is 5.41 Å². The maximum absolute atomic E-state index is 2.22. The quantitative estimate of drug-likeness (QED) is 0.543.